The van der Waals surface area contributed by atoms with Gasteiger partial charge >= 0.3 is 0 Å². The Bertz CT molecular complexity index is 1760. The maximum absolute atomic E-state index is 13.7. The second-order valence-electron chi connectivity index (χ2n) is 9.84. The van der Waals surface area contributed by atoms with Crippen molar-refractivity contribution in [3.63, 3.8) is 0 Å². The maximum atomic E-state index is 13.7. The monoisotopic (exact) mass is 572 g/mol. The number of hydrogen-bond donors (Lipinski definition) is 1. The van der Waals surface area contributed by atoms with Gasteiger partial charge in [0, 0.05) is 52.3 Å². The standard InChI is InChI=1S/C28H25ClN8O2S/c1-16-4-3-5-25(22-10-17(8-9-30-22)27-23(33-28(16)39)13-32-36(27)2)37-15-31-21(12-26(37)38)20-11-18(29)6-7-19(20)24-14-40-35-34-24/h6-16,25H,3-5H2,1-2H3,(H,33,39)/t16-,25+/m1/s1. The lowest BCUT2D eigenvalue weighted by Crippen LogP contribution is -2.27. The summed E-state index contributed by atoms with van der Waals surface area (Å²) in [5, 5.41) is 13.9. The molecule has 5 aromatic rings. The van der Waals surface area contributed by atoms with Gasteiger partial charge in [0.15, 0.2) is 0 Å². The van der Waals surface area contributed by atoms with Gasteiger partial charge < -0.3 is 5.32 Å². The second kappa shape index (κ2) is 10.7. The molecule has 1 amide bonds. The molecule has 0 fully saturated rings. The van der Waals surface area contributed by atoms with Crippen LogP contribution in [0.3, 0.4) is 0 Å². The van der Waals surface area contributed by atoms with E-state index in [9.17, 15) is 9.59 Å². The highest BCUT2D eigenvalue weighted by molar-refractivity contribution is 7.03. The van der Waals surface area contributed by atoms with Crippen LogP contribution in [0.5, 0.6) is 0 Å². The number of carbonyl (C=O) groups excluding carboxylic acids is 1. The van der Waals surface area contributed by atoms with Crippen LogP contribution in [0.15, 0.2) is 65.3 Å². The van der Waals surface area contributed by atoms with Gasteiger partial charge in [-0.25, -0.2) is 4.98 Å². The third kappa shape index (κ3) is 4.93. The summed E-state index contributed by atoms with van der Waals surface area (Å²) in [4.78, 5) is 35.9. The minimum absolute atomic E-state index is 0.0588. The van der Waals surface area contributed by atoms with Crippen molar-refractivity contribution in [1.82, 2.24) is 33.9 Å². The van der Waals surface area contributed by atoms with E-state index in [4.69, 9.17) is 11.6 Å². The van der Waals surface area contributed by atoms with Crippen LogP contribution in [0.25, 0.3) is 33.8 Å². The first-order chi connectivity index (χ1) is 19.4. The molecule has 1 N–H and O–H groups in total. The molecule has 2 atom stereocenters. The summed E-state index contributed by atoms with van der Waals surface area (Å²) < 4.78 is 7.31. The maximum Gasteiger partial charge on any atom is 0.254 e. The van der Waals surface area contributed by atoms with Gasteiger partial charge in [0.05, 0.1) is 41.3 Å². The molecule has 0 unspecified atom stereocenters. The van der Waals surface area contributed by atoms with Crippen LogP contribution in [-0.2, 0) is 11.8 Å². The van der Waals surface area contributed by atoms with Crippen LogP contribution in [0.1, 0.15) is 37.9 Å². The summed E-state index contributed by atoms with van der Waals surface area (Å²) in [6, 6.07) is 10.4. The number of anilines is 1. The number of nitrogens with one attached hydrogen (secondary N) is 1. The highest BCUT2D eigenvalue weighted by Gasteiger charge is 2.24. The van der Waals surface area contributed by atoms with E-state index in [2.05, 4.69) is 30.0 Å². The molecule has 4 aromatic heterocycles. The number of rotatable bonds is 3. The van der Waals surface area contributed by atoms with E-state index in [0.29, 0.717) is 46.9 Å². The van der Waals surface area contributed by atoms with E-state index < -0.39 is 0 Å². The molecule has 0 radical (unpaired) electrons. The van der Waals surface area contributed by atoms with Crippen LogP contribution >= 0.6 is 23.1 Å². The lowest BCUT2D eigenvalue weighted by atomic mass is 9.97. The third-order valence-corrected chi connectivity index (χ3v) is 7.96. The van der Waals surface area contributed by atoms with E-state index in [1.165, 1.54) is 17.6 Å². The predicted molar refractivity (Wildman–Crippen MR) is 154 cm³/mol. The zero-order valence-corrected chi connectivity index (χ0v) is 23.4. The lowest BCUT2D eigenvalue weighted by Gasteiger charge is -2.22. The molecule has 0 aliphatic carbocycles. The number of aromatic nitrogens is 7. The summed E-state index contributed by atoms with van der Waals surface area (Å²) >= 11 is 7.57. The van der Waals surface area contributed by atoms with Gasteiger partial charge in [0.25, 0.3) is 5.56 Å². The molecule has 10 nitrogen and oxygen atoms in total. The fraction of sp³-hybridized carbons (Fsp3) is 0.250. The Balaban J connectivity index is 1.44. The summed E-state index contributed by atoms with van der Waals surface area (Å²) in [5.41, 5.74) is 5.45. The Morgan fingerprint density at radius 2 is 1.93 bits per heavy atom. The number of carbonyl (C=O) groups is 1. The molecular weight excluding hydrogens is 548 g/mol. The summed E-state index contributed by atoms with van der Waals surface area (Å²) in [5.74, 6) is -0.269. The van der Waals surface area contributed by atoms with E-state index >= 15 is 0 Å². The van der Waals surface area contributed by atoms with Crippen LogP contribution in [0.2, 0.25) is 5.02 Å². The van der Waals surface area contributed by atoms with Crippen molar-refractivity contribution in [2.45, 2.75) is 32.2 Å². The Kier molecular flexibility index (Phi) is 6.99. The van der Waals surface area contributed by atoms with Crippen molar-refractivity contribution >= 4 is 34.7 Å². The van der Waals surface area contributed by atoms with Gasteiger partial charge in [-0.3, -0.25) is 23.8 Å². The normalized spacial score (nSPS) is 17.4. The average Bonchev–Trinajstić information content (AvgIpc) is 3.61. The van der Waals surface area contributed by atoms with Gasteiger partial charge in [-0.1, -0.05) is 35.5 Å². The smallest absolute Gasteiger partial charge is 0.254 e. The van der Waals surface area contributed by atoms with E-state index in [-0.39, 0.29) is 23.4 Å². The fourth-order valence-electron chi connectivity index (χ4n) is 5.11. The Hall–Kier alpha value is -4.22. The summed E-state index contributed by atoms with van der Waals surface area (Å²) in [6.07, 6.45) is 6.93. The molecule has 1 aromatic carbocycles. The first-order valence-electron chi connectivity index (χ1n) is 12.8. The van der Waals surface area contributed by atoms with Gasteiger partial charge in [-0.2, -0.15) is 5.10 Å². The van der Waals surface area contributed by atoms with Crippen LogP contribution in [-0.4, -0.2) is 39.8 Å². The molecule has 2 bridgehead atoms. The number of benzene rings is 1. The minimum Gasteiger partial charge on any atom is -0.323 e. The molecule has 12 heteroatoms. The third-order valence-electron chi connectivity index (χ3n) is 7.22. The predicted octanol–water partition coefficient (Wildman–Crippen LogP) is 5.23. The zero-order valence-electron chi connectivity index (χ0n) is 21.8. The van der Waals surface area contributed by atoms with Crippen molar-refractivity contribution in [2.75, 3.05) is 5.32 Å². The topological polar surface area (TPSA) is 120 Å². The van der Waals surface area contributed by atoms with Crippen molar-refractivity contribution in [2.24, 2.45) is 13.0 Å². The van der Waals surface area contributed by atoms with Crippen LogP contribution < -0.4 is 10.9 Å². The second-order valence-corrected chi connectivity index (χ2v) is 10.9. The Morgan fingerprint density at radius 1 is 1.05 bits per heavy atom. The first kappa shape index (κ1) is 26.0. The SMILES string of the molecule is C[C@@H]1CCC[C@H](n2cnc(-c3cc(Cl)ccc3-c3csnn3)cc2=O)c2cc(ccn2)-c2c(cnn2C)NC1=O. The zero-order chi connectivity index (χ0) is 27.8. The number of fused-ring (bicyclic) bond motifs is 4. The van der Waals surface area contributed by atoms with Crippen molar-refractivity contribution in [3.8, 4) is 33.8 Å². The molecule has 1 aliphatic heterocycles. The summed E-state index contributed by atoms with van der Waals surface area (Å²) in [6.45, 7) is 1.91. The van der Waals surface area contributed by atoms with Crippen LogP contribution in [0.4, 0.5) is 5.69 Å². The molecule has 5 heterocycles. The molecule has 0 saturated heterocycles. The molecule has 0 spiro atoms. The number of halogens is 1. The van der Waals surface area contributed by atoms with Crippen molar-refractivity contribution in [1.29, 1.82) is 0 Å². The summed E-state index contributed by atoms with van der Waals surface area (Å²) in [7, 11) is 1.83. The quantitative estimate of drug-likeness (QED) is 0.314. The number of nitrogens with zero attached hydrogens (tertiary/aromatic N) is 7. The van der Waals surface area contributed by atoms with Crippen molar-refractivity contribution < 1.29 is 4.79 Å². The van der Waals surface area contributed by atoms with E-state index in [0.717, 1.165) is 22.5 Å². The largest absolute Gasteiger partial charge is 0.323 e. The molecule has 1 aliphatic rings. The Labute approximate surface area is 238 Å². The molecule has 0 saturated carbocycles. The highest BCUT2D eigenvalue weighted by Crippen LogP contribution is 2.34. The number of pyridine rings is 1. The average molecular weight is 573 g/mol. The van der Waals surface area contributed by atoms with Gasteiger partial charge in [0.1, 0.15) is 5.69 Å². The van der Waals surface area contributed by atoms with E-state index in [1.54, 1.807) is 40.1 Å². The van der Waals surface area contributed by atoms with E-state index in [1.807, 2.05) is 37.6 Å². The van der Waals surface area contributed by atoms with Gasteiger partial charge in [-0.05, 0) is 48.6 Å². The van der Waals surface area contributed by atoms with Gasteiger partial charge in [0.2, 0.25) is 5.91 Å². The number of amides is 1. The fourth-order valence-corrected chi connectivity index (χ4v) is 5.74. The number of aryl methyl sites for hydroxylation is 1. The van der Waals surface area contributed by atoms with Gasteiger partial charge in [-0.15, -0.1) is 5.10 Å². The molecule has 40 heavy (non-hydrogen) atoms. The molecular formula is C28H25ClN8O2S. The highest BCUT2D eigenvalue weighted by atomic mass is 35.5. The van der Waals surface area contributed by atoms with Crippen molar-refractivity contribution in [3.05, 3.63) is 81.6 Å². The Morgan fingerprint density at radius 3 is 2.73 bits per heavy atom. The first-order valence-corrected chi connectivity index (χ1v) is 14.0. The number of hydrogen-bond acceptors (Lipinski definition) is 8. The van der Waals surface area contributed by atoms with Crippen LogP contribution in [0, 0.1) is 5.92 Å². The molecule has 202 valence electrons. The molecule has 6 rings (SSSR count). The minimum atomic E-state index is -0.373. The lowest BCUT2D eigenvalue weighted by molar-refractivity contribution is -0.119.